The van der Waals surface area contributed by atoms with Gasteiger partial charge in [0.1, 0.15) is 4.21 Å². The molecule has 114 valence electrons. The van der Waals surface area contributed by atoms with Crippen molar-refractivity contribution in [3.8, 4) is 0 Å². The van der Waals surface area contributed by atoms with E-state index in [1.54, 1.807) is 17.5 Å². The second kappa shape index (κ2) is 7.00. The predicted molar refractivity (Wildman–Crippen MR) is 80.4 cm³/mol. The summed E-state index contributed by atoms with van der Waals surface area (Å²) in [7, 11) is 0.176. The first-order valence-corrected chi connectivity index (χ1v) is 9.06. The lowest BCUT2D eigenvalue weighted by Gasteiger charge is -2.31. The molecule has 0 bridgehead atoms. The van der Waals surface area contributed by atoms with Crippen molar-refractivity contribution in [3.63, 3.8) is 0 Å². The molecule has 1 aromatic heterocycles. The summed E-state index contributed by atoms with van der Waals surface area (Å²) in [5.74, 6) is 0.306. The predicted octanol–water partition coefficient (Wildman–Crippen LogP) is 1.51. The summed E-state index contributed by atoms with van der Waals surface area (Å²) >= 11 is 1.35. The van der Waals surface area contributed by atoms with E-state index in [1.807, 2.05) is 13.1 Å². The van der Waals surface area contributed by atoms with Crippen LogP contribution in [0.4, 0.5) is 0 Å². The Hall–Kier alpha value is -0.470. The van der Waals surface area contributed by atoms with E-state index >= 15 is 0 Å². The Labute approximate surface area is 125 Å². The van der Waals surface area contributed by atoms with Crippen LogP contribution in [0.2, 0.25) is 0 Å². The van der Waals surface area contributed by atoms with E-state index in [-0.39, 0.29) is 0 Å². The van der Waals surface area contributed by atoms with E-state index in [0.717, 1.165) is 17.7 Å². The summed E-state index contributed by atoms with van der Waals surface area (Å²) in [5.41, 5.74) is 0. The number of rotatable bonds is 6. The number of hydrogen-bond acceptors (Lipinski definition) is 5. The molecule has 1 unspecified atom stereocenters. The highest BCUT2D eigenvalue weighted by Gasteiger charge is 2.31. The molecular weight excluding hydrogens is 296 g/mol. The van der Waals surface area contributed by atoms with Gasteiger partial charge in [-0.15, -0.1) is 11.3 Å². The van der Waals surface area contributed by atoms with Crippen LogP contribution in [0.15, 0.2) is 16.3 Å². The fourth-order valence-corrected chi connectivity index (χ4v) is 5.59. The van der Waals surface area contributed by atoms with Gasteiger partial charge in [0.2, 0.25) is 0 Å². The number of hydrogen-bond donors (Lipinski definition) is 1. The third-order valence-electron chi connectivity index (χ3n) is 3.47. The minimum absolute atomic E-state index is 0.306. The first-order valence-electron chi connectivity index (χ1n) is 6.80. The Morgan fingerprint density at radius 2 is 2.30 bits per heavy atom. The van der Waals surface area contributed by atoms with Gasteiger partial charge in [-0.2, -0.15) is 4.31 Å². The summed E-state index contributed by atoms with van der Waals surface area (Å²) in [6.07, 6.45) is 1.94. The number of thiophene rings is 1. The average Bonchev–Trinajstić information content (AvgIpc) is 2.89. The second-order valence-electron chi connectivity index (χ2n) is 5.08. The molecular formula is C13H22N2O3S2. The van der Waals surface area contributed by atoms with Crippen LogP contribution in [0, 0.1) is 5.92 Å². The molecule has 1 atom stereocenters. The smallest absolute Gasteiger partial charge is 0.252 e. The average molecular weight is 318 g/mol. The van der Waals surface area contributed by atoms with Gasteiger partial charge in [0.25, 0.3) is 10.0 Å². The zero-order chi connectivity index (χ0) is 14.6. The van der Waals surface area contributed by atoms with Crippen LogP contribution in [-0.4, -0.2) is 46.6 Å². The van der Waals surface area contributed by atoms with Gasteiger partial charge in [-0.25, -0.2) is 8.42 Å². The second-order valence-corrected chi connectivity index (χ2v) is 8.41. The molecule has 1 fully saturated rings. The summed E-state index contributed by atoms with van der Waals surface area (Å²) in [6, 6.07) is 3.59. The van der Waals surface area contributed by atoms with Gasteiger partial charge in [0, 0.05) is 31.6 Å². The van der Waals surface area contributed by atoms with Crippen molar-refractivity contribution in [2.75, 3.05) is 33.9 Å². The van der Waals surface area contributed by atoms with Crippen molar-refractivity contribution in [2.24, 2.45) is 5.92 Å². The molecule has 0 spiro atoms. The largest absolute Gasteiger partial charge is 0.384 e. The number of piperidine rings is 1. The SMILES string of the molecule is CNCc1ccc(S(=O)(=O)N2CCCC(COC)C2)s1. The number of nitrogens with one attached hydrogen (secondary N) is 1. The van der Waals surface area contributed by atoms with Crippen LogP contribution in [0.3, 0.4) is 0 Å². The van der Waals surface area contributed by atoms with Gasteiger partial charge in [0.05, 0.1) is 6.61 Å². The van der Waals surface area contributed by atoms with E-state index in [1.165, 1.54) is 11.3 Å². The van der Waals surface area contributed by atoms with Gasteiger partial charge in [-0.3, -0.25) is 0 Å². The number of ether oxygens (including phenoxy) is 1. The maximum absolute atomic E-state index is 12.6. The van der Waals surface area contributed by atoms with E-state index in [2.05, 4.69) is 5.32 Å². The Morgan fingerprint density at radius 1 is 1.50 bits per heavy atom. The third kappa shape index (κ3) is 3.59. The number of methoxy groups -OCH3 is 1. The zero-order valence-electron chi connectivity index (χ0n) is 12.0. The van der Waals surface area contributed by atoms with Crippen molar-refractivity contribution in [2.45, 2.75) is 23.6 Å². The quantitative estimate of drug-likeness (QED) is 0.864. The molecule has 0 aliphatic carbocycles. The molecule has 20 heavy (non-hydrogen) atoms. The molecule has 2 rings (SSSR count). The first kappa shape index (κ1) is 15.9. The third-order valence-corrected chi connectivity index (χ3v) is 6.88. The van der Waals surface area contributed by atoms with Crippen LogP contribution >= 0.6 is 11.3 Å². The highest BCUT2D eigenvalue weighted by atomic mass is 32.2. The molecule has 0 saturated carbocycles. The standard InChI is InChI=1S/C13H22N2O3S2/c1-14-8-12-5-6-13(19-12)20(16,17)15-7-3-4-11(9-15)10-18-2/h5-6,11,14H,3-4,7-10H2,1-2H3. The van der Waals surface area contributed by atoms with E-state index in [4.69, 9.17) is 4.74 Å². The minimum Gasteiger partial charge on any atom is -0.384 e. The summed E-state index contributed by atoms with van der Waals surface area (Å²) in [6.45, 7) is 2.51. The van der Waals surface area contributed by atoms with Crippen LogP contribution in [0.5, 0.6) is 0 Å². The molecule has 0 radical (unpaired) electrons. The molecule has 1 saturated heterocycles. The van der Waals surface area contributed by atoms with E-state index in [9.17, 15) is 8.42 Å². The Morgan fingerprint density at radius 3 is 3.00 bits per heavy atom. The van der Waals surface area contributed by atoms with Crippen molar-refractivity contribution in [1.29, 1.82) is 0 Å². The number of nitrogens with zero attached hydrogens (tertiary/aromatic N) is 1. The lowest BCUT2D eigenvalue weighted by Crippen LogP contribution is -2.40. The molecule has 5 nitrogen and oxygen atoms in total. The molecule has 0 amide bonds. The van der Waals surface area contributed by atoms with E-state index < -0.39 is 10.0 Å². The highest BCUT2D eigenvalue weighted by molar-refractivity contribution is 7.91. The Kier molecular flexibility index (Phi) is 5.57. The normalized spacial score (nSPS) is 21.2. The monoisotopic (exact) mass is 318 g/mol. The van der Waals surface area contributed by atoms with Crippen molar-refractivity contribution >= 4 is 21.4 Å². The zero-order valence-corrected chi connectivity index (χ0v) is 13.6. The van der Waals surface area contributed by atoms with Gasteiger partial charge >= 0.3 is 0 Å². The minimum atomic E-state index is -3.34. The molecule has 1 aliphatic rings. The van der Waals surface area contributed by atoms with Crippen molar-refractivity contribution in [1.82, 2.24) is 9.62 Å². The van der Waals surface area contributed by atoms with Gasteiger partial charge in [-0.05, 0) is 37.9 Å². The van der Waals surface area contributed by atoms with Gasteiger partial charge in [-0.1, -0.05) is 0 Å². The van der Waals surface area contributed by atoms with Crippen molar-refractivity contribution < 1.29 is 13.2 Å². The molecule has 7 heteroatoms. The van der Waals surface area contributed by atoms with Crippen LogP contribution in [0.1, 0.15) is 17.7 Å². The molecule has 1 aromatic rings. The van der Waals surface area contributed by atoms with Gasteiger partial charge in [0.15, 0.2) is 0 Å². The molecule has 1 N–H and O–H groups in total. The fourth-order valence-electron chi connectivity index (χ4n) is 2.51. The highest BCUT2D eigenvalue weighted by Crippen LogP contribution is 2.28. The molecule has 1 aliphatic heterocycles. The lowest BCUT2D eigenvalue weighted by molar-refractivity contribution is 0.118. The maximum Gasteiger partial charge on any atom is 0.252 e. The van der Waals surface area contributed by atoms with Crippen LogP contribution in [-0.2, 0) is 21.3 Å². The van der Waals surface area contributed by atoms with Crippen LogP contribution in [0.25, 0.3) is 0 Å². The first-order chi connectivity index (χ1) is 9.57. The lowest BCUT2D eigenvalue weighted by atomic mass is 10.0. The maximum atomic E-state index is 12.6. The summed E-state index contributed by atoms with van der Waals surface area (Å²) in [5, 5.41) is 3.04. The topological polar surface area (TPSA) is 58.6 Å². The number of sulfonamides is 1. The molecule has 0 aromatic carbocycles. The summed E-state index contributed by atoms with van der Waals surface area (Å²) < 4.78 is 32.5. The Bertz CT molecular complexity index is 525. The van der Waals surface area contributed by atoms with Crippen LogP contribution < -0.4 is 5.32 Å². The molecule has 2 heterocycles. The Balaban J connectivity index is 2.12. The summed E-state index contributed by atoms with van der Waals surface area (Å²) in [4.78, 5) is 1.04. The van der Waals surface area contributed by atoms with Gasteiger partial charge < -0.3 is 10.1 Å². The van der Waals surface area contributed by atoms with E-state index in [0.29, 0.717) is 36.4 Å². The van der Waals surface area contributed by atoms with Crippen molar-refractivity contribution in [3.05, 3.63) is 17.0 Å². The fraction of sp³-hybridized carbons (Fsp3) is 0.692.